The molecule has 0 aromatic heterocycles. The minimum atomic E-state index is -0.0408. The summed E-state index contributed by atoms with van der Waals surface area (Å²) in [4.78, 5) is 14.8. The molecule has 1 aromatic rings. The van der Waals surface area contributed by atoms with Crippen LogP contribution in [0.5, 0.6) is 11.5 Å². The second kappa shape index (κ2) is 6.24. The highest BCUT2D eigenvalue weighted by Gasteiger charge is 2.32. The number of nitrogens with two attached hydrogens (primary N) is 1. The second-order valence-electron chi connectivity index (χ2n) is 5.74. The molecule has 0 aliphatic carbocycles. The number of methoxy groups -OCH3 is 2. The van der Waals surface area contributed by atoms with Crippen LogP contribution in [0.2, 0.25) is 0 Å². The molecule has 1 fully saturated rings. The number of nitrogen functional groups attached to an aromatic ring is 1. The van der Waals surface area contributed by atoms with Crippen LogP contribution in [0.25, 0.3) is 0 Å². The zero-order valence-electron chi connectivity index (χ0n) is 13.2. The molecule has 0 saturated carbocycles. The van der Waals surface area contributed by atoms with Gasteiger partial charge >= 0.3 is 0 Å². The quantitative estimate of drug-likeness (QED) is 0.866. The van der Waals surface area contributed by atoms with E-state index < -0.39 is 0 Å². The predicted molar refractivity (Wildman–Crippen MR) is 82.9 cm³/mol. The van der Waals surface area contributed by atoms with Gasteiger partial charge in [-0.15, -0.1) is 0 Å². The molecule has 5 nitrogen and oxygen atoms in total. The normalized spacial score (nSPS) is 18.1. The minimum absolute atomic E-state index is 0.0408. The van der Waals surface area contributed by atoms with Gasteiger partial charge in [-0.05, 0) is 24.8 Å². The number of hydrogen-bond acceptors (Lipinski definition) is 4. The molecule has 2 rings (SSSR count). The Morgan fingerprint density at radius 1 is 1.33 bits per heavy atom. The maximum absolute atomic E-state index is 12.9. The number of likely N-dealkylation sites (tertiary alicyclic amines) is 1. The van der Waals surface area contributed by atoms with Crippen molar-refractivity contribution >= 4 is 11.6 Å². The fourth-order valence-electron chi connectivity index (χ4n) is 2.96. The standard InChI is InChI=1S/C16H24N2O3/c1-10(2)13-6-5-7-18(13)16(19)12-8-11(20-3)9-14(21-4)15(12)17/h8-10,13H,5-7,17H2,1-4H3. The molecule has 21 heavy (non-hydrogen) atoms. The third kappa shape index (κ3) is 2.91. The third-order valence-electron chi connectivity index (χ3n) is 4.13. The van der Waals surface area contributed by atoms with Crippen LogP contribution in [-0.4, -0.2) is 37.6 Å². The molecule has 1 atom stereocenters. The highest BCUT2D eigenvalue weighted by atomic mass is 16.5. The van der Waals surface area contributed by atoms with Crippen LogP contribution in [0.3, 0.4) is 0 Å². The zero-order valence-corrected chi connectivity index (χ0v) is 13.2. The van der Waals surface area contributed by atoms with Crippen molar-refractivity contribution in [1.29, 1.82) is 0 Å². The van der Waals surface area contributed by atoms with Gasteiger partial charge in [0.15, 0.2) is 0 Å². The number of hydrogen-bond donors (Lipinski definition) is 1. The first kappa shape index (κ1) is 15.5. The van der Waals surface area contributed by atoms with E-state index in [1.807, 2.05) is 4.90 Å². The van der Waals surface area contributed by atoms with E-state index in [0.29, 0.717) is 28.7 Å². The van der Waals surface area contributed by atoms with E-state index in [9.17, 15) is 4.79 Å². The van der Waals surface area contributed by atoms with E-state index in [0.717, 1.165) is 19.4 Å². The summed E-state index contributed by atoms with van der Waals surface area (Å²) in [5, 5.41) is 0. The van der Waals surface area contributed by atoms with Crippen LogP contribution >= 0.6 is 0 Å². The summed E-state index contributed by atoms with van der Waals surface area (Å²) >= 11 is 0. The molecule has 1 saturated heterocycles. The molecule has 0 spiro atoms. The molecule has 0 radical (unpaired) electrons. The van der Waals surface area contributed by atoms with Crippen molar-refractivity contribution in [3.05, 3.63) is 17.7 Å². The number of ether oxygens (including phenoxy) is 2. The van der Waals surface area contributed by atoms with E-state index in [1.54, 1.807) is 19.2 Å². The number of nitrogens with zero attached hydrogens (tertiary/aromatic N) is 1. The van der Waals surface area contributed by atoms with Crippen LogP contribution in [0.15, 0.2) is 12.1 Å². The lowest BCUT2D eigenvalue weighted by Crippen LogP contribution is -2.38. The molecule has 1 aromatic carbocycles. The number of benzene rings is 1. The molecule has 1 aliphatic heterocycles. The Labute approximate surface area is 126 Å². The number of carbonyl (C=O) groups is 1. The second-order valence-corrected chi connectivity index (χ2v) is 5.74. The molecule has 1 aliphatic rings. The molecular weight excluding hydrogens is 268 g/mol. The van der Waals surface area contributed by atoms with Crippen LogP contribution in [-0.2, 0) is 0 Å². The largest absolute Gasteiger partial charge is 0.497 e. The summed E-state index contributed by atoms with van der Waals surface area (Å²) in [6.45, 7) is 5.07. The van der Waals surface area contributed by atoms with Gasteiger partial charge in [0.2, 0.25) is 0 Å². The van der Waals surface area contributed by atoms with Gasteiger partial charge in [0.25, 0.3) is 5.91 Å². The fourth-order valence-corrected chi connectivity index (χ4v) is 2.96. The first-order valence-electron chi connectivity index (χ1n) is 7.32. The Kier molecular flexibility index (Phi) is 4.60. The Morgan fingerprint density at radius 3 is 2.62 bits per heavy atom. The van der Waals surface area contributed by atoms with Crippen LogP contribution < -0.4 is 15.2 Å². The summed E-state index contributed by atoms with van der Waals surface area (Å²) in [7, 11) is 3.10. The van der Waals surface area contributed by atoms with Crippen LogP contribution in [0.4, 0.5) is 5.69 Å². The first-order valence-corrected chi connectivity index (χ1v) is 7.32. The Bertz CT molecular complexity index is 528. The monoisotopic (exact) mass is 292 g/mol. The van der Waals surface area contributed by atoms with Gasteiger partial charge in [0, 0.05) is 18.7 Å². The van der Waals surface area contributed by atoms with E-state index >= 15 is 0 Å². The fraction of sp³-hybridized carbons (Fsp3) is 0.562. The van der Waals surface area contributed by atoms with Crippen molar-refractivity contribution in [3.63, 3.8) is 0 Å². The summed E-state index contributed by atoms with van der Waals surface area (Å²) < 4.78 is 10.5. The van der Waals surface area contributed by atoms with E-state index in [4.69, 9.17) is 15.2 Å². The zero-order chi connectivity index (χ0) is 15.6. The summed E-state index contributed by atoms with van der Waals surface area (Å²) in [6.07, 6.45) is 2.08. The SMILES string of the molecule is COc1cc(OC)c(N)c(C(=O)N2CCCC2C(C)C)c1. The lowest BCUT2D eigenvalue weighted by atomic mass is 10.0. The summed E-state index contributed by atoms with van der Waals surface area (Å²) in [5.41, 5.74) is 6.91. The molecule has 1 amide bonds. The van der Waals surface area contributed by atoms with Gasteiger partial charge in [-0.2, -0.15) is 0 Å². The molecule has 1 heterocycles. The maximum Gasteiger partial charge on any atom is 0.256 e. The lowest BCUT2D eigenvalue weighted by Gasteiger charge is -2.28. The lowest BCUT2D eigenvalue weighted by molar-refractivity contribution is 0.0702. The van der Waals surface area contributed by atoms with Gasteiger partial charge in [-0.3, -0.25) is 4.79 Å². The van der Waals surface area contributed by atoms with E-state index in [2.05, 4.69) is 13.8 Å². The summed E-state index contributed by atoms with van der Waals surface area (Å²) in [5.74, 6) is 1.44. The van der Waals surface area contributed by atoms with Gasteiger partial charge < -0.3 is 20.1 Å². The maximum atomic E-state index is 12.9. The van der Waals surface area contributed by atoms with Gasteiger partial charge in [-0.25, -0.2) is 0 Å². The molecule has 116 valence electrons. The van der Waals surface area contributed by atoms with Crippen molar-refractivity contribution < 1.29 is 14.3 Å². The average molecular weight is 292 g/mol. The predicted octanol–water partition coefficient (Wildman–Crippen LogP) is 2.55. The van der Waals surface area contributed by atoms with Crippen molar-refractivity contribution in [2.45, 2.75) is 32.7 Å². The average Bonchev–Trinajstić information content (AvgIpc) is 2.96. The van der Waals surface area contributed by atoms with Crippen molar-refractivity contribution in [3.8, 4) is 11.5 Å². The topological polar surface area (TPSA) is 64.8 Å². The number of carbonyl (C=O) groups excluding carboxylic acids is 1. The van der Waals surface area contributed by atoms with Crippen LogP contribution in [0.1, 0.15) is 37.0 Å². The molecule has 5 heteroatoms. The van der Waals surface area contributed by atoms with Gasteiger partial charge in [-0.1, -0.05) is 13.8 Å². The molecule has 0 bridgehead atoms. The number of rotatable bonds is 4. The van der Waals surface area contributed by atoms with Crippen molar-refractivity contribution in [2.24, 2.45) is 5.92 Å². The van der Waals surface area contributed by atoms with Crippen LogP contribution in [0, 0.1) is 5.92 Å². The summed E-state index contributed by atoms with van der Waals surface area (Å²) in [6, 6.07) is 3.65. The van der Waals surface area contributed by atoms with E-state index in [1.165, 1.54) is 7.11 Å². The smallest absolute Gasteiger partial charge is 0.256 e. The van der Waals surface area contributed by atoms with E-state index in [-0.39, 0.29) is 11.9 Å². The minimum Gasteiger partial charge on any atom is -0.497 e. The molecular formula is C16H24N2O3. The van der Waals surface area contributed by atoms with Crippen molar-refractivity contribution in [2.75, 3.05) is 26.5 Å². The third-order valence-corrected chi connectivity index (χ3v) is 4.13. The highest BCUT2D eigenvalue weighted by molar-refractivity contribution is 6.01. The Hall–Kier alpha value is -1.91. The molecule has 2 N–H and O–H groups in total. The Morgan fingerprint density at radius 2 is 2.05 bits per heavy atom. The number of amides is 1. The number of anilines is 1. The first-order chi connectivity index (χ1) is 9.99. The molecule has 1 unspecified atom stereocenters. The highest BCUT2D eigenvalue weighted by Crippen LogP contribution is 2.34. The van der Waals surface area contributed by atoms with Gasteiger partial charge in [0.1, 0.15) is 11.5 Å². The Balaban J connectivity index is 2.38. The van der Waals surface area contributed by atoms with Crippen molar-refractivity contribution in [1.82, 2.24) is 4.90 Å². The van der Waals surface area contributed by atoms with Gasteiger partial charge in [0.05, 0.1) is 25.5 Å².